The normalized spacial score (nSPS) is 15.0. The van der Waals surface area contributed by atoms with Crippen LogP contribution in [-0.4, -0.2) is 55.3 Å². The number of benzene rings is 2. The van der Waals surface area contributed by atoms with Crippen LogP contribution < -0.4 is 14.8 Å². The predicted molar refractivity (Wildman–Crippen MR) is 123 cm³/mol. The molecule has 2 aromatic carbocycles. The van der Waals surface area contributed by atoms with Gasteiger partial charge in [-0.2, -0.15) is 0 Å². The van der Waals surface area contributed by atoms with Crippen molar-refractivity contribution in [3.63, 3.8) is 0 Å². The minimum absolute atomic E-state index is 0.391. The first-order chi connectivity index (χ1) is 14.0. The minimum atomic E-state index is 0.391. The van der Waals surface area contributed by atoms with E-state index >= 15 is 0 Å². The molecule has 5 nitrogen and oxygen atoms in total. The second-order valence-corrected chi connectivity index (χ2v) is 8.08. The zero-order valence-electron chi connectivity index (χ0n) is 17.2. The van der Waals surface area contributed by atoms with Crippen molar-refractivity contribution in [3.8, 4) is 11.5 Å². The van der Waals surface area contributed by atoms with Gasteiger partial charge in [-0.25, -0.2) is 0 Å². The Bertz CT molecular complexity index is 823. The lowest BCUT2D eigenvalue weighted by molar-refractivity contribution is 0.173. The van der Waals surface area contributed by atoms with Crippen LogP contribution >= 0.6 is 23.8 Å². The zero-order valence-corrected chi connectivity index (χ0v) is 18.7. The molecule has 1 heterocycles. The predicted octanol–water partition coefficient (Wildman–Crippen LogP) is 4.65. The Kier molecular flexibility index (Phi) is 7.58. The molecule has 156 valence electrons. The molecule has 3 rings (SSSR count). The van der Waals surface area contributed by atoms with Crippen molar-refractivity contribution in [1.82, 2.24) is 9.80 Å². The van der Waals surface area contributed by atoms with E-state index in [2.05, 4.69) is 34.3 Å². The molecule has 0 spiro atoms. The molecular weight excluding hydrogens is 406 g/mol. The van der Waals surface area contributed by atoms with Crippen LogP contribution in [-0.2, 0) is 6.54 Å². The third kappa shape index (κ3) is 5.75. The summed E-state index contributed by atoms with van der Waals surface area (Å²) in [6.45, 7) is 2.89. The molecular formula is C22H28ClN3O2S. The van der Waals surface area contributed by atoms with E-state index in [0.717, 1.165) is 43.9 Å². The molecule has 29 heavy (non-hydrogen) atoms. The van der Waals surface area contributed by atoms with Crippen LogP contribution in [0.4, 0.5) is 5.69 Å². The highest BCUT2D eigenvalue weighted by atomic mass is 35.5. The van der Waals surface area contributed by atoms with Crippen LogP contribution in [0.15, 0.2) is 42.5 Å². The average Bonchev–Trinajstić information content (AvgIpc) is 2.74. The van der Waals surface area contributed by atoms with Gasteiger partial charge in [0.15, 0.2) is 5.11 Å². The van der Waals surface area contributed by atoms with Crippen molar-refractivity contribution in [2.75, 3.05) is 39.7 Å². The van der Waals surface area contributed by atoms with Crippen molar-refractivity contribution >= 4 is 34.6 Å². The molecule has 0 amide bonds. The Hall–Kier alpha value is -2.02. The summed E-state index contributed by atoms with van der Waals surface area (Å²) in [4.78, 5) is 4.66. The Labute approximate surface area is 183 Å². The summed E-state index contributed by atoms with van der Waals surface area (Å²) < 4.78 is 10.6. The van der Waals surface area contributed by atoms with E-state index in [0.29, 0.717) is 21.9 Å². The number of methoxy groups -OCH3 is 2. The highest BCUT2D eigenvalue weighted by Gasteiger charge is 2.25. The number of hydrogen-bond donors (Lipinski definition) is 1. The van der Waals surface area contributed by atoms with Crippen LogP contribution in [0.25, 0.3) is 0 Å². The third-order valence-corrected chi connectivity index (χ3v) is 5.95. The van der Waals surface area contributed by atoms with Gasteiger partial charge in [0, 0.05) is 24.3 Å². The summed E-state index contributed by atoms with van der Waals surface area (Å²) in [5, 5.41) is 4.66. The van der Waals surface area contributed by atoms with Crippen LogP contribution in [0.2, 0.25) is 5.02 Å². The zero-order chi connectivity index (χ0) is 20.8. The number of rotatable bonds is 6. The average molecular weight is 434 g/mol. The molecule has 1 aliphatic rings. The highest BCUT2D eigenvalue weighted by molar-refractivity contribution is 7.80. The summed E-state index contributed by atoms with van der Waals surface area (Å²) in [6.07, 6.45) is 2.16. The maximum Gasteiger partial charge on any atom is 0.173 e. The van der Waals surface area contributed by atoms with E-state index in [1.54, 1.807) is 14.2 Å². The van der Waals surface area contributed by atoms with E-state index in [4.69, 9.17) is 33.3 Å². The monoisotopic (exact) mass is 433 g/mol. The van der Waals surface area contributed by atoms with Gasteiger partial charge in [0.25, 0.3) is 0 Å². The van der Waals surface area contributed by atoms with E-state index in [9.17, 15) is 0 Å². The van der Waals surface area contributed by atoms with Gasteiger partial charge >= 0.3 is 0 Å². The summed E-state index contributed by atoms with van der Waals surface area (Å²) in [5.74, 6) is 1.48. The number of halogens is 1. The van der Waals surface area contributed by atoms with Gasteiger partial charge in [-0.15, -0.1) is 0 Å². The third-order valence-electron chi connectivity index (χ3n) is 5.30. The second kappa shape index (κ2) is 10.1. The molecule has 0 aromatic heterocycles. The number of piperidine rings is 1. The molecule has 0 saturated carbocycles. The molecule has 0 unspecified atom stereocenters. The molecule has 0 aliphatic carbocycles. The number of thiocarbonyl (C=S) groups is 1. The number of likely N-dealkylation sites (tertiary alicyclic amines) is 1. The van der Waals surface area contributed by atoms with E-state index in [1.165, 1.54) is 5.56 Å². The Morgan fingerprint density at radius 3 is 2.45 bits per heavy atom. The fourth-order valence-corrected chi connectivity index (χ4v) is 4.06. The SMILES string of the molecule is COc1ccc(CN(C(=S)Nc2ccc(Cl)c(OC)c2)C2CCN(C)CC2)cc1. The van der Waals surface area contributed by atoms with E-state index < -0.39 is 0 Å². The molecule has 7 heteroatoms. The van der Waals surface area contributed by atoms with Crippen molar-refractivity contribution in [3.05, 3.63) is 53.1 Å². The lowest BCUT2D eigenvalue weighted by Crippen LogP contribution is -2.47. The Balaban J connectivity index is 1.78. The minimum Gasteiger partial charge on any atom is -0.497 e. The number of hydrogen-bond acceptors (Lipinski definition) is 4. The maximum atomic E-state index is 6.15. The van der Waals surface area contributed by atoms with Crippen molar-refractivity contribution in [2.45, 2.75) is 25.4 Å². The molecule has 1 fully saturated rings. The molecule has 1 saturated heterocycles. The first kappa shape index (κ1) is 21.7. The van der Waals surface area contributed by atoms with Crippen molar-refractivity contribution in [1.29, 1.82) is 0 Å². The first-order valence-electron chi connectivity index (χ1n) is 9.73. The van der Waals surface area contributed by atoms with Crippen LogP contribution in [0.5, 0.6) is 11.5 Å². The topological polar surface area (TPSA) is 37.0 Å². The Morgan fingerprint density at radius 1 is 1.14 bits per heavy atom. The van der Waals surface area contributed by atoms with Crippen LogP contribution in [0.3, 0.4) is 0 Å². The van der Waals surface area contributed by atoms with Gasteiger partial charge in [0.2, 0.25) is 0 Å². The first-order valence-corrected chi connectivity index (χ1v) is 10.5. The van der Waals surface area contributed by atoms with Gasteiger partial charge in [0.1, 0.15) is 11.5 Å². The molecule has 0 atom stereocenters. The largest absolute Gasteiger partial charge is 0.497 e. The standard InChI is InChI=1S/C22H28ClN3O2S/c1-25-12-10-18(11-13-25)26(15-16-4-7-19(27-2)8-5-16)22(29)24-17-6-9-20(23)21(14-17)28-3/h4-9,14,18H,10-13,15H2,1-3H3,(H,24,29). The number of ether oxygens (including phenoxy) is 2. The number of nitrogens with zero attached hydrogens (tertiary/aromatic N) is 2. The van der Waals surface area contributed by atoms with Gasteiger partial charge in [-0.05, 0) is 75.0 Å². The maximum absolute atomic E-state index is 6.15. The fraction of sp³-hybridized carbons (Fsp3) is 0.409. The fourth-order valence-electron chi connectivity index (χ4n) is 3.53. The number of anilines is 1. The molecule has 0 radical (unpaired) electrons. The Morgan fingerprint density at radius 2 is 1.83 bits per heavy atom. The van der Waals surface area contributed by atoms with Gasteiger partial charge in [-0.3, -0.25) is 0 Å². The van der Waals surface area contributed by atoms with Crippen LogP contribution in [0.1, 0.15) is 18.4 Å². The quantitative estimate of drug-likeness (QED) is 0.668. The van der Waals surface area contributed by atoms with Gasteiger partial charge < -0.3 is 24.6 Å². The van der Waals surface area contributed by atoms with Gasteiger partial charge in [-0.1, -0.05) is 23.7 Å². The van der Waals surface area contributed by atoms with E-state index in [-0.39, 0.29) is 0 Å². The van der Waals surface area contributed by atoms with E-state index in [1.807, 2.05) is 30.3 Å². The smallest absolute Gasteiger partial charge is 0.173 e. The molecule has 0 bridgehead atoms. The summed E-state index contributed by atoms with van der Waals surface area (Å²) >= 11 is 12.0. The summed E-state index contributed by atoms with van der Waals surface area (Å²) in [6, 6.07) is 14.2. The summed E-state index contributed by atoms with van der Waals surface area (Å²) in [7, 11) is 5.46. The summed E-state index contributed by atoms with van der Waals surface area (Å²) in [5.41, 5.74) is 2.06. The van der Waals surface area contributed by atoms with Crippen molar-refractivity contribution < 1.29 is 9.47 Å². The number of nitrogens with one attached hydrogen (secondary N) is 1. The molecule has 2 aromatic rings. The molecule has 1 aliphatic heterocycles. The van der Waals surface area contributed by atoms with Crippen LogP contribution in [0, 0.1) is 0 Å². The van der Waals surface area contributed by atoms with Gasteiger partial charge in [0.05, 0.1) is 19.2 Å². The second-order valence-electron chi connectivity index (χ2n) is 7.29. The highest BCUT2D eigenvalue weighted by Crippen LogP contribution is 2.28. The lowest BCUT2D eigenvalue weighted by atomic mass is 10.0. The lowest BCUT2D eigenvalue weighted by Gasteiger charge is -2.39. The van der Waals surface area contributed by atoms with Crippen molar-refractivity contribution in [2.24, 2.45) is 0 Å². The molecule has 1 N–H and O–H groups in total.